The lowest BCUT2D eigenvalue weighted by Gasteiger charge is -2.12. The van der Waals surface area contributed by atoms with Crippen molar-refractivity contribution in [3.8, 4) is 0 Å². The van der Waals surface area contributed by atoms with Crippen LogP contribution < -0.4 is 5.32 Å². The third-order valence-corrected chi connectivity index (χ3v) is 1.58. The molecule has 96 valence electrons. The monoisotopic (exact) mass is 245 g/mol. The minimum Gasteiger partial charge on any atom is -0.466 e. The van der Waals surface area contributed by atoms with Crippen molar-refractivity contribution in [1.29, 1.82) is 0 Å². The highest BCUT2D eigenvalue weighted by molar-refractivity contribution is 5.91. The minimum atomic E-state index is -0.700. The molecule has 0 aromatic carbocycles. The van der Waals surface area contributed by atoms with Crippen molar-refractivity contribution >= 4 is 18.0 Å². The van der Waals surface area contributed by atoms with Crippen molar-refractivity contribution in [1.82, 2.24) is 5.32 Å². The summed E-state index contributed by atoms with van der Waals surface area (Å²) in [4.78, 5) is 32.5. The summed E-state index contributed by atoms with van der Waals surface area (Å²) in [7, 11) is 2.42. The van der Waals surface area contributed by atoms with E-state index in [1.54, 1.807) is 6.92 Å². The summed E-state index contributed by atoms with van der Waals surface area (Å²) in [5.41, 5.74) is 0. The number of esters is 2. The van der Waals surface area contributed by atoms with Crippen LogP contribution in [-0.2, 0) is 23.8 Å². The van der Waals surface area contributed by atoms with Crippen molar-refractivity contribution in [3.05, 3.63) is 12.2 Å². The van der Waals surface area contributed by atoms with Crippen LogP contribution in [0.3, 0.4) is 0 Å². The number of amides is 1. The Morgan fingerprint density at radius 1 is 1.12 bits per heavy atom. The highest BCUT2D eigenvalue weighted by Crippen LogP contribution is 1.89. The number of rotatable bonds is 5. The zero-order valence-corrected chi connectivity index (χ0v) is 9.89. The van der Waals surface area contributed by atoms with Crippen LogP contribution in [0, 0.1) is 0 Å². The van der Waals surface area contributed by atoms with Crippen LogP contribution in [0.4, 0.5) is 4.79 Å². The van der Waals surface area contributed by atoms with Crippen LogP contribution in [0.5, 0.6) is 0 Å². The molecule has 0 radical (unpaired) electrons. The first-order chi connectivity index (χ1) is 7.99. The Morgan fingerprint density at radius 2 is 1.71 bits per heavy atom. The van der Waals surface area contributed by atoms with E-state index in [-0.39, 0.29) is 6.61 Å². The largest absolute Gasteiger partial charge is 0.466 e. The maximum Gasteiger partial charge on any atom is 0.407 e. The van der Waals surface area contributed by atoms with E-state index in [1.165, 1.54) is 14.2 Å². The molecule has 0 unspecified atom stereocenters. The van der Waals surface area contributed by atoms with E-state index >= 15 is 0 Å². The number of hydrogen-bond acceptors (Lipinski definition) is 6. The Kier molecular flexibility index (Phi) is 7.16. The fraction of sp³-hybridized carbons (Fsp3) is 0.500. The third-order valence-electron chi connectivity index (χ3n) is 1.58. The number of alkyl carbamates (subject to hydrolysis) is 1. The number of carbonyl (C=O) groups excluding carboxylic acids is 3. The van der Waals surface area contributed by atoms with Crippen LogP contribution in [0.25, 0.3) is 0 Å². The Morgan fingerprint density at radius 3 is 2.24 bits per heavy atom. The van der Waals surface area contributed by atoms with E-state index < -0.39 is 24.1 Å². The molecule has 1 atom stereocenters. The van der Waals surface area contributed by atoms with E-state index in [0.717, 1.165) is 12.2 Å². The lowest BCUT2D eigenvalue weighted by molar-refractivity contribution is -0.139. The molecule has 0 aliphatic rings. The van der Waals surface area contributed by atoms with Gasteiger partial charge in [0.15, 0.2) is 0 Å². The topological polar surface area (TPSA) is 90.9 Å². The first kappa shape index (κ1) is 14.9. The van der Waals surface area contributed by atoms with Gasteiger partial charge in [-0.25, -0.2) is 14.4 Å². The molecular formula is C10H15NO6. The molecule has 0 aromatic rings. The van der Waals surface area contributed by atoms with Gasteiger partial charge in [-0.2, -0.15) is 0 Å². The second-order valence-electron chi connectivity index (χ2n) is 3.02. The number of ether oxygens (including phenoxy) is 3. The summed E-state index contributed by atoms with van der Waals surface area (Å²) < 4.78 is 13.4. The van der Waals surface area contributed by atoms with Gasteiger partial charge in [-0.15, -0.1) is 0 Å². The van der Waals surface area contributed by atoms with E-state index in [4.69, 9.17) is 4.74 Å². The number of hydrogen-bond donors (Lipinski definition) is 1. The van der Waals surface area contributed by atoms with Gasteiger partial charge in [-0.05, 0) is 6.92 Å². The molecular weight excluding hydrogens is 230 g/mol. The molecule has 17 heavy (non-hydrogen) atoms. The summed E-state index contributed by atoms with van der Waals surface area (Å²) in [6.45, 7) is 1.60. The maximum atomic E-state index is 11.1. The predicted molar refractivity (Wildman–Crippen MR) is 57.1 cm³/mol. The van der Waals surface area contributed by atoms with Crippen molar-refractivity contribution in [2.45, 2.75) is 13.0 Å². The highest BCUT2D eigenvalue weighted by atomic mass is 16.5. The standard InChI is InChI=1S/C10H15NO6/c1-7(11-10(14)16-3)6-17-9(13)5-4-8(12)15-2/h4-5,7H,6H2,1-3H3,(H,11,14)/b5-4+/t7-/m1/s1. The van der Waals surface area contributed by atoms with Crippen LogP contribution in [0.1, 0.15) is 6.92 Å². The molecule has 0 saturated heterocycles. The molecule has 1 amide bonds. The second kappa shape index (κ2) is 8.14. The zero-order valence-electron chi connectivity index (χ0n) is 9.89. The minimum absolute atomic E-state index is 0.0283. The molecule has 0 aliphatic carbocycles. The summed E-state index contributed by atoms with van der Waals surface area (Å²) in [5, 5.41) is 2.41. The predicted octanol–water partition coefficient (Wildman–Crippen LogP) is 0.00330. The van der Waals surface area contributed by atoms with Crippen molar-refractivity contribution in [2.75, 3.05) is 20.8 Å². The van der Waals surface area contributed by atoms with Crippen LogP contribution in [0.2, 0.25) is 0 Å². The molecule has 7 heteroatoms. The molecule has 0 heterocycles. The van der Waals surface area contributed by atoms with E-state index in [1.807, 2.05) is 0 Å². The quantitative estimate of drug-likeness (QED) is 0.416. The zero-order chi connectivity index (χ0) is 13.3. The average Bonchev–Trinajstić information content (AvgIpc) is 2.32. The Bertz CT molecular complexity index is 312. The molecule has 0 aromatic heterocycles. The van der Waals surface area contributed by atoms with Gasteiger partial charge in [-0.1, -0.05) is 0 Å². The maximum absolute atomic E-state index is 11.1. The summed E-state index contributed by atoms with van der Waals surface area (Å²) in [6, 6.07) is -0.391. The fourth-order valence-electron chi connectivity index (χ4n) is 0.761. The number of nitrogens with one attached hydrogen (secondary N) is 1. The molecule has 0 bridgehead atoms. The van der Waals surface area contributed by atoms with Crippen molar-refractivity contribution in [3.63, 3.8) is 0 Å². The van der Waals surface area contributed by atoms with Gasteiger partial charge in [0.05, 0.1) is 20.3 Å². The Balaban J connectivity index is 3.87. The summed E-state index contributed by atoms with van der Waals surface area (Å²) in [6.07, 6.45) is 1.27. The van der Waals surface area contributed by atoms with Crippen LogP contribution in [-0.4, -0.2) is 44.9 Å². The van der Waals surface area contributed by atoms with E-state index in [9.17, 15) is 14.4 Å². The van der Waals surface area contributed by atoms with Gasteiger partial charge in [0.1, 0.15) is 6.61 Å². The SMILES string of the molecule is COC(=O)/C=C/C(=O)OC[C@@H](C)NC(=O)OC. The average molecular weight is 245 g/mol. The lowest BCUT2D eigenvalue weighted by atomic mass is 10.4. The molecule has 1 N–H and O–H groups in total. The van der Waals surface area contributed by atoms with Crippen LogP contribution in [0.15, 0.2) is 12.2 Å². The lowest BCUT2D eigenvalue weighted by Crippen LogP contribution is -2.36. The molecule has 7 nitrogen and oxygen atoms in total. The van der Waals surface area contributed by atoms with Gasteiger partial charge in [0.25, 0.3) is 0 Å². The number of carbonyl (C=O) groups is 3. The highest BCUT2D eigenvalue weighted by Gasteiger charge is 2.08. The van der Waals surface area contributed by atoms with Gasteiger partial charge in [0.2, 0.25) is 0 Å². The fourth-order valence-corrected chi connectivity index (χ4v) is 0.761. The van der Waals surface area contributed by atoms with Crippen molar-refractivity contribution < 1.29 is 28.6 Å². The van der Waals surface area contributed by atoms with E-state index in [0.29, 0.717) is 0 Å². The third kappa shape index (κ3) is 7.83. The molecule has 0 rings (SSSR count). The molecule has 0 spiro atoms. The van der Waals surface area contributed by atoms with Gasteiger partial charge >= 0.3 is 18.0 Å². The molecule has 0 fully saturated rings. The normalized spacial score (nSPS) is 11.7. The van der Waals surface area contributed by atoms with Crippen LogP contribution >= 0.6 is 0 Å². The summed E-state index contributed by atoms with van der Waals surface area (Å²) >= 11 is 0. The van der Waals surface area contributed by atoms with Crippen molar-refractivity contribution in [2.24, 2.45) is 0 Å². The van der Waals surface area contributed by atoms with Gasteiger partial charge in [0, 0.05) is 12.2 Å². The summed E-state index contributed by atoms with van der Waals surface area (Å²) in [5.74, 6) is -1.35. The van der Waals surface area contributed by atoms with Gasteiger partial charge in [-0.3, -0.25) is 0 Å². The molecule has 0 saturated carbocycles. The second-order valence-corrected chi connectivity index (χ2v) is 3.02. The Labute approximate surface area is 98.7 Å². The number of methoxy groups -OCH3 is 2. The molecule has 0 aliphatic heterocycles. The van der Waals surface area contributed by atoms with Gasteiger partial charge < -0.3 is 19.5 Å². The Hall–Kier alpha value is -2.05. The first-order valence-electron chi connectivity index (χ1n) is 4.76. The van der Waals surface area contributed by atoms with E-state index in [2.05, 4.69) is 14.8 Å². The smallest absolute Gasteiger partial charge is 0.407 e. The first-order valence-corrected chi connectivity index (χ1v) is 4.76.